The van der Waals surface area contributed by atoms with E-state index in [1.807, 2.05) is 0 Å². The van der Waals surface area contributed by atoms with Crippen LogP contribution in [0.15, 0.2) is 10.5 Å². The van der Waals surface area contributed by atoms with Crippen LogP contribution in [0.25, 0.3) is 0 Å². The monoisotopic (exact) mass is 288 g/mol. The standard InChI is InChI=1S/C11H13BrO4/c1-6-9(11(13)16-4)7(14-2)5-8(15-3)10(6)12/h5H,1-4H3. The van der Waals surface area contributed by atoms with Crippen LogP contribution in [0.1, 0.15) is 15.9 Å². The van der Waals surface area contributed by atoms with E-state index in [-0.39, 0.29) is 0 Å². The molecule has 0 aliphatic rings. The topological polar surface area (TPSA) is 44.8 Å². The molecular weight excluding hydrogens is 276 g/mol. The van der Waals surface area contributed by atoms with Gasteiger partial charge in [-0.05, 0) is 28.4 Å². The molecule has 16 heavy (non-hydrogen) atoms. The molecule has 1 rings (SSSR count). The number of halogens is 1. The van der Waals surface area contributed by atoms with Gasteiger partial charge >= 0.3 is 5.97 Å². The molecule has 0 fully saturated rings. The van der Waals surface area contributed by atoms with Crippen molar-refractivity contribution in [1.82, 2.24) is 0 Å². The molecule has 0 bridgehead atoms. The van der Waals surface area contributed by atoms with Crippen LogP contribution < -0.4 is 9.47 Å². The largest absolute Gasteiger partial charge is 0.496 e. The number of carbonyl (C=O) groups is 1. The fraction of sp³-hybridized carbons (Fsp3) is 0.364. The zero-order chi connectivity index (χ0) is 12.3. The van der Waals surface area contributed by atoms with E-state index in [9.17, 15) is 4.79 Å². The van der Waals surface area contributed by atoms with Gasteiger partial charge in [-0.25, -0.2) is 4.79 Å². The maximum absolute atomic E-state index is 11.6. The van der Waals surface area contributed by atoms with Crippen molar-refractivity contribution in [2.75, 3.05) is 21.3 Å². The van der Waals surface area contributed by atoms with Gasteiger partial charge in [0.25, 0.3) is 0 Å². The van der Waals surface area contributed by atoms with Crippen molar-refractivity contribution < 1.29 is 19.0 Å². The van der Waals surface area contributed by atoms with Crippen LogP contribution in [-0.2, 0) is 4.74 Å². The van der Waals surface area contributed by atoms with Crippen LogP contribution in [0.5, 0.6) is 11.5 Å². The summed E-state index contributed by atoms with van der Waals surface area (Å²) in [4.78, 5) is 11.6. The van der Waals surface area contributed by atoms with E-state index in [0.717, 1.165) is 10.0 Å². The van der Waals surface area contributed by atoms with Crippen LogP contribution in [-0.4, -0.2) is 27.3 Å². The predicted octanol–water partition coefficient (Wildman–Crippen LogP) is 2.56. The lowest BCUT2D eigenvalue weighted by Crippen LogP contribution is -2.07. The van der Waals surface area contributed by atoms with Gasteiger partial charge in [-0.15, -0.1) is 0 Å². The summed E-state index contributed by atoms with van der Waals surface area (Å²) >= 11 is 3.36. The Balaban J connectivity index is 3.47. The molecule has 1 aromatic carbocycles. The van der Waals surface area contributed by atoms with Gasteiger partial charge in [0.1, 0.15) is 17.1 Å². The quantitative estimate of drug-likeness (QED) is 0.802. The summed E-state index contributed by atoms with van der Waals surface area (Å²) in [6.45, 7) is 1.79. The maximum Gasteiger partial charge on any atom is 0.341 e. The first kappa shape index (κ1) is 12.8. The number of esters is 1. The molecule has 0 amide bonds. The number of carbonyl (C=O) groups excluding carboxylic acids is 1. The minimum absolute atomic E-state index is 0.401. The third-order valence-electron chi connectivity index (χ3n) is 2.26. The van der Waals surface area contributed by atoms with Gasteiger partial charge in [0.05, 0.1) is 25.8 Å². The van der Waals surface area contributed by atoms with Crippen molar-refractivity contribution >= 4 is 21.9 Å². The van der Waals surface area contributed by atoms with Crippen LogP contribution in [0.2, 0.25) is 0 Å². The predicted molar refractivity (Wildman–Crippen MR) is 63.3 cm³/mol. The second kappa shape index (κ2) is 5.21. The van der Waals surface area contributed by atoms with Crippen molar-refractivity contribution in [2.24, 2.45) is 0 Å². The highest BCUT2D eigenvalue weighted by molar-refractivity contribution is 9.10. The molecule has 0 N–H and O–H groups in total. The highest BCUT2D eigenvalue weighted by atomic mass is 79.9. The lowest BCUT2D eigenvalue weighted by molar-refractivity contribution is 0.0596. The molecular formula is C11H13BrO4. The number of hydrogen-bond acceptors (Lipinski definition) is 4. The summed E-state index contributed by atoms with van der Waals surface area (Å²) in [5, 5.41) is 0. The average molecular weight is 289 g/mol. The molecule has 0 aliphatic carbocycles. The fourth-order valence-corrected chi connectivity index (χ4v) is 1.87. The summed E-state index contributed by atoms with van der Waals surface area (Å²) in [5.41, 5.74) is 1.13. The number of benzene rings is 1. The molecule has 0 heterocycles. The van der Waals surface area contributed by atoms with E-state index in [1.165, 1.54) is 14.2 Å². The zero-order valence-corrected chi connectivity index (χ0v) is 11.2. The van der Waals surface area contributed by atoms with E-state index in [4.69, 9.17) is 14.2 Å². The molecule has 0 unspecified atom stereocenters. The summed E-state index contributed by atoms with van der Waals surface area (Å²) in [7, 11) is 4.38. The van der Waals surface area contributed by atoms with Crippen molar-refractivity contribution in [3.8, 4) is 11.5 Å². The van der Waals surface area contributed by atoms with Crippen molar-refractivity contribution in [3.63, 3.8) is 0 Å². The summed E-state index contributed by atoms with van der Waals surface area (Å²) in [5.74, 6) is 0.615. The average Bonchev–Trinajstić information content (AvgIpc) is 2.31. The van der Waals surface area contributed by atoms with Crippen molar-refractivity contribution in [1.29, 1.82) is 0 Å². The van der Waals surface area contributed by atoms with E-state index in [1.54, 1.807) is 20.1 Å². The van der Waals surface area contributed by atoms with Crippen LogP contribution in [0, 0.1) is 6.92 Å². The lowest BCUT2D eigenvalue weighted by atomic mass is 10.1. The number of ether oxygens (including phenoxy) is 3. The fourth-order valence-electron chi connectivity index (χ4n) is 1.40. The van der Waals surface area contributed by atoms with Crippen LogP contribution in [0.4, 0.5) is 0 Å². The second-order valence-corrected chi connectivity index (χ2v) is 3.88. The third kappa shape index (κ3) is 2.14. The molecule has 0 radical (unpaired) electrons. The summed E-state index contributed by atoms with van der Waals surface area (Å²) in [6, 6.07) is 1.64. The second-order valence-electron chi connectivity index (χ2n) is 3.09. The van der Waals surface area contributed by atoms with Gasteiger partial charge in [-0.3, -0.25) is 0 Å². The Morgan fingerprint density at radius 1 is 1.19 bits per heavy atom. The van der Waals surface area contributed by atoms with Gasteiger partial charge in [0.15, 0.2) is 0 Å². The summed E-state index contributed by atoms with van der Waals surface area (Å²) < 4.78 is 15.7. The molecule has 1 aromatic rings. The van der Waals surface area contributed by atoms with E-state index in [2.05, 4.69) is 15.9 Å². The van der Waals surface area contributed by atoms with Crippen LogP contribution >= 0.6 is 15.9 Å². The van der Waals surface area contributed by atoms with Gasteiger partial charge in [0, 0.05) is 6.07 Å². The molecule has 0 saturated heterocycles. The number of hydrogen-bond donors (Lipinski definition) is 0. The number of rotatable bonds is 3. The zero-order valence-electron chi connectivity index (χ0n) is 9.59. The minimum atomic E-state index is -0.433. The molecule has 0 saturated carbocycles. The van der Waals surface area contributed by atoms with Gasteiger partial charge in [-0.2, -0.15) is 0 Å². The van der Waals surface area contributed by atoms with Gasteiger partial charge in [-0.1, -0.05) is 0 Å². The Labute approximate surface area is 103 Å². The van der Waals surface area contributed by atoms with Crippen LogP contribution in [0.3, 0.4) is 0 Å². The lowest BCUT2D eigenvalue weighted by Gasteiger charge is -2.14. The molecule has 0 atom stereocenters. The molecule has 0 aliphatic heterocycles. The van der Waals surface area contributed by atoms with Gasteiger partial charge in [0.2, 0.25) is 0 Å². The number of methoxy groups -OCH3 is 3. The van der Waals surface area contributed by atoms with Gasteiger partial charge < -0.3 is 14.2 Å². The normalized spacial score (nSPS) is 9.81. The Hall–Kier alpha value is -1.23. The Bertz CT molecular complexity index is 415. The first-order valence-electron chi connectivity index (χ1n) is 4.56. The molecule has 0 spiro atoms. The Morgan fingerprint density at radius 3 is 2.19 bits per heavy atom. The molecule has 88 valence electrons. The SMILES string of the molecule is COC(=O)c1c(OC)cc(OC)c(Br)c1C. The molecule has 5 heteroatoms. The summed E-state index contributed by atoms with van der Waals surface area (Å²) in [6.07, 6.45) is 0. The van der Waals surface area contributed by atoms with E-state index < -0.39 is 5.97 Å². The maximum atomic E-state index is 11.6. The first-order valence-corrected chi connectivity index (χ1v) is 5.35. The van der Waals surface area contributed by atoms with Crippen molar-refractivity contribution in [2.45, 2.75) is 6.92 Å². The van der Waals surface area contributed by atoms with Crippen molar-refractivity contribution in [3.05, 3.63) is 21.7 Å². The third-order valence-corrected chi connectivity index (χ3v) is 3.24. The Kier molecular flexibility index (Phi) is 4.18. The smallest absolute Gasteiger partial charge is 0.341 e. The first-order chi connectivity index (χ1) is 7.56. The van der Waals surface area contributed by atoms with E-state index in [0.29, 0.717) is 17.1 Å². The highest BCUT2D eigenvalue weighted by Gasteiger charge is 2.21. The Morgan fingerprint density at radius 2 is 1.75 bits per heavy atom. The van der Waals surface area contributed by atoms with E-state index >= 15 is 0 Å². The minimum Gasteiger partial charge on any atom is -0.496 e. The molecule has 0 aromatic heterocycles. The highest BCUT2D eigenvalue weighted by Crippen LogP contribution is 2.37. The molecule has 4 nitrogen and oxygen atoms in total.